The van der Waals surface area contributed by atoms with E-state index >= 15 is 0 Å². The molecule has 0 saturated heterocycles. The van der Waals surface area contributed by atoms with E-state index in [-0.39, 0.29) is 0 Å². The molecule has 1 aromatic rings. The van der Waals surface area contributed by atoms with E-state index in [0.29, 0.717) is 18.4 Å². The zero-order valence-electron chi connectivity index (χ0n) is 9.91. The summed E-state index contributed by atoms with van der Waals surface area (Å²) < 4.78 is 5.31. The summed E-state index contributed by atoms with van der Waals surface area (Å²) in [4.78, 5) is 1.30. The molecule has 0 aliphatic carbocycles. The van der Waals surface area contributed by atoms with Crippen molar-refractivity contribution in [1.29, 1.82) is 0 Å². The van der Waals surface area contributed by atoms with Crippen LogP contribution in [0.3, 0.4) is 0 Å². The molecule has 0 spiro atoms. The third-order valence-electron chi connectivity index (χ3n) is 2.26. The average Bonchev–Trinajstić information content (AvgIpc) is 2.29. The van der Waals surface area contributed by atoms with Gasteiger partial charge in [0.2, 0.25) is 0 Å². The van der Waals surface area contributed by atoms with Crippen LogP contribution >= 0.6 is 23.4 Å². The molecule has 0 bridgehead atoms. The van der Waals surface area contributed by atoms with Crippen molar-refractivity contribution < 1.29 is 4.74 Å². The summed E-state index contributed by atoms with van der Waals surface area (Å²) in [5.74, 6) is 2.16. The van der Waals surface area contributed by atoms with E-state index in [1.807, 2.05) is 11.8 Å². The van der Waals surface area contributed by atoms with Crippen molar-refractivity contribution in [2.45, 2.75) is 24.7 Å². The van der Waals surface area contributed by atoms with Gasteiger partial charge in [0.25, 0.3) is 0 Å². The molecular formula is C13H19ClOS. The van der Waals surface area contributed by atoms with Crippen LogP contribution in [0.2, 0.25) is 0 Å². The van der Waals surface area contributed by atoms with Gasteiger partial charge in [-0.3, -0.25) is 0 Å². The van der Waals surface area contributed by atoms with Gasteiger partial charge in [0, 0.05) is 16.5 Å². The highest BCUT2D eigenvalue weighted by Gasteiger charge is 1.99. The molecule has 0 amide bonds. The first kappa shape index (κ1) is 13.9. The molecule has 0 saturated carbocycles. The van der Waals surface area contributed by atoms with E-state index < -0.39 is 0 Å². The fraction of sp³-hybridized carbons (Fsp3) is 0.538. The summed E-state index contributed by atoms with van der Waals surface area (Å²) in [7, 11) is 0. The number of rotatable bonds is 7. The second-order valence-corrected chi connectivity index (χ2v) is 5.42. The maximum atomic E-state index is 5.51. The largest absolute Gasteiger partial charge is 0.379 e. The molecule has 1 nitrogen and oxygen atoms in total. The Labute approximate surface area is 108 Å². The molecule has 0 unspecified atom stereocenters. The van der Waals surface area contributed by atoms with Crippen LogP contribution in [0.25, 0.3) is 0 Å². The zero-order valence-corrected chi connectivity index (χ0v) is 11.5. The van der Waals surface area contributed by atoms with E-state index in [0.717, 1.165) is 12.4 Å². The van der Waals surface area contributed by atoms with E-state index in [1.54, 1.807) is 0 Å². The Morgan fingerprint density at radius 1 is 1.19 bits per heavy atom. The molecule has 0 heterocycles. The lowest BCUT2D eigenvalue weighted by atomic mass is 10.0. The minimum absolute atomic E-state index is 0.577. The number of benzene rings is 1. The van der Waals surface area contributed by atoms with Crippen LogP contribution in [0, 0.1) is 0 Å². The summed E-state index contributed by atoms with van der Waals surface area (Å²) in [6.45, 7) is 5.84. The molecule has 0 aromatic heterocycles. The van der Waals surface area contributed by atoms with E-state index in [9.17, 15) is 0 Å². The van der Waals surface area contributed by atoms with Gasteiger partial charge in [-0.2, -0.15) is 0 Å². The summed E-state index contributed by atoms with van der Waals surface area (Å²) >= 11 is 7.34. The summed E-state index contributed by atoms with van der Waals surface area (Å²) in [5.41, 5.74) is 1.39. The Balaban J connectivity index is 2.27. The topological polar surface area (TPSA) is 9.23 Å². The van der Waals surface area contributed by atoms with Gasteiger partial charge in [-0.05, 0) is 23.6 Å². The fourth-order valence-corrected chi connectivity index (χ4v) is 2.20. The number of alkyl halides is 1. The number of hydrogen-bond acceptors (Lipinski definition) is 2. The molecule has 16 heavy (non-hydrogen) atoms. The van der Waals surface area contributed by atoms with Crippen molar-refractivity contribution in [3.63, 3.8) is 0 Å². The molecule has 0 fully saturated rings. The Hall–Kier alpha value is -0.180. The second-order valence-electron chi connectivity index (χ2n) is 3.87. The summed E-state index contributed by atoms with van der Waals surface area (Å²) in [6.07, 6.45) is 0. The van der Waals surface area contributed by atoms with Crippen LogP contribution in [-0.2, 0) is 4.74 Å². The van der Waals surface area contributed by atoms with Crippen molar-refractivity contribution in [3.8, 4) is 0 Å². The minimum Gasteiger partial charge on any atom is -0.379 e. The Kier molecular flexibility index (Phi) is 6.93. The quantitative estimate of drug-likeness (QED) is 0.413. The van der Waals surface area contributed by atoms with Gasteiger partial charge in [-0.15, -0.1) is 23.4 Å². The van der Waals surface area contributed by atoms with Gasteiger partial charge < -0.3 is 4.74 Å². The highest BCUT2D eigenvalue weighted by molar-refractivity contribution is 7.99. The molecule has 0 radical (unpaired) electrons. The number of hydrogen-bond donors (Lipinski definition) is 0. The van der Waals surface area contributed by atoms with Gasteiger partial charge in [0.05, 0.1) is 13.2 Å². The van der Waals surface area contributed by atoms with E-state index in [1.165, 1.54) is 10.5 Å². The zero-order chi connectivity index (χ0) is 11.8. The van der Waals surface area contributed by atoms with E-state index in [2.05, 4.69) is 38.1 Å². The van der Waals surface area contributed by atoms with Crippen molar-refractivity contribution >= 4 is 23.4 Å². The third-order valence-corrected chi connectivity index (χ3v) is 3.40. The summed E-state index contributed by atoms with van der Waals surface area (Å²) in [5, 5.41) is 0. The van der Waals surface area contributed by atoms with E-state index in [4.69, 9.17) is 16.3 Å². The molecule has 0 aliphatic rings. The minimum atomic E-state index is 0.577. The normalized spacial score (nSPS) is 11.0. The molecule has 0 atom stereocenters. The fourth-order valence-electron chi connectivity index (χ4n) is 1.32. The lowest BCUT2D eigenvalue weighted by molar-refractivity contribution is 0.166. The Morgan fingerprint density at radius 3 is 2.44 bits per heavy atom. The SMILES string of the molecule is CC(C)c1ccc(SCCOCCCl)cc1. The van der Waals surface area contributed by atoms with Gasteiger partial charge >= 0.3 is 0 Å². The van der Waals surface area contributed by atoms with Crippen LogP contribution in [0.4, 0.5) is 0 Å². The van der Waals surface area contributed by atoms with Crippen molar-refractivity contribution in [2.75, 3.05) is 24.8 Å². The molecular weight excluding hydrogens is 240 g/mol. The highest BCUT2D eigenvalue weighted by atomic mass is 35.5. The smallest absolute Gasteiger partial charge is 0.0602 e. The molecule has 1 aromatic carbocycles. The Morgan fingerprint density at radius 2 is 1.88 bits per heavy atom. The van der Waals surface area contributed by atoms with Crippen LogP contribution in [-0.4, -0.2) is 24.8 Å². The van der Waals surface area contributed by atoms with Crippen LogP contribution < -0.4 is 0 Å². The Bertz CT molecular complexity index is 284. The van der Waals surface area contributed by atoms with Crippen LogP contribution in [0.15, 0.2) is 29.2 Å². The van der Waals surface area contributed by atoms with Crippen molar-refractivity contribution in [2.24, 2.45) is 0 Å². The van der Waals surface area contributed by atoms with Gasteiger partial charge in [0.1, 0.15) is 0 Å². The van der Waals surface area contributed by atoms with Crippen LogP contribution in [0.5, 0.6) is 0 Å². The van der Waals surface area contributed by atoms with Crippen molar-refractivity contribution in [3.05, 3.63) is 29.8 Å². The average molecular weight is 259 g/mol. The number of thioether (sulfide) groups is 1. The highest BCUT2D eigenvalue weighted by Crippen LogP contribution is 2.21. The van der Waals surface area contributed by atoms with Crippen molar-refractivity contribution in [1.82, 2.24) is 0 Å². The predicted octanol–water partition coefficient (Wildman–Crippen LogP) is 4.16. The maximum absolute atomic E-state index is 5.51. The molecule has 3 heteroatoms. The first-order valence-corrected chi connectivity index (χ1v) is 7.12. The number of halogens is 1. The molecule has 0 aliphatic heterocycles. The standard InChI is InChI=1S/C13H19ClOS/c1-11(2)12-3-5-13(6-4-12)16-10-9-15-8-7-14/h3-6,11H,7-10H2,1-2H3. The first-order chi connectivity index (χ1) is 7.74. The molecule has 90 valence electrons. The lowest BCUT2D eigenvalue weighted by Crippen LogP contribution is -1.99. The molecule has 1 rings (SSSR count). The maximum Gasteiger partial charge on any atom is 0.0602 e. The van der Waals surface area contributed by atoms with Gasteiger partial charge in [-0.1, -0.05) is 26.0 Å². The van der Waals surface area contributed by atoms with Gasteiger partial charge in [0.15, 0.2) is 0 Å². The first-order valence-electron chi connectivity index (χ1n) is 5.60. The van der Waals surface area contributed by atoms with Crippen LogP contribution in [0.1, 0.15) is 25.3 Å². The third kappa shape index (κ3) is 5.24. The predicted molar refractivity (Wildman–Crippen MR) is 72.8 cm³/mol. The number of ether oxygens (including phenoxy) is 1. The monoisotopic (exact) mass is 258 g/mol. The lowest BCUT2D eigenvalue weighted by Gasteiger charge is -2.06. The molecule has 0 N–H and O–H groups in total. The second kappa shape index (κ2) is 7.99. The van der Waals surface area contributed by atoms with Gasteiger partial charge in [-0.25, -0.2) is 0 Å². The summed E-state index contributed by atoms with van der Waals surface area (Å²) in [6, 6.07) is 8.77.